The molecule has 0 amide bonds. The van der Waals surface area contributed by atoms with E-state index in [-0.39, 0.29) is 0 Å². The summed E-state index contributed by atoms with van der Waals surface area (Å²) in [6, 6.07) is 2.73. The Hall–Kier alpha value is -0.510. The van der Waals surface area contributed by atoms with E-state index >= 15 is 0 Å². The fourth-order valence-corrected chi connectivity index (χ4v) is 2.97. The highest BCUT2D eigenvalue weighted by atomic mass is 35.5. The minimum absolute atomic E-state index is 0.460. The predicted molar refractivity (Wildman–Crippen MR) is 82.4 cm³/mol. The third-order valence-electron chi connectivity index (χ3n) is 3.45. The molecule has 1 unspecified atom stereocenters. The van der Waals surface area contributed by atoms with Crippen LogP contribution in [-0.4, -0.2) is 30.2 Å². The Morgan fingerprint density at radius 1 is 1.42 bits per heavy atom. The van der Waals surface area contributed by atoms with Crippen LogP contribution in [0.25, 0.3) is 0 Å². The van der Waals surface area contributed by atoms with Crippen molar-refractivity contribution >= 4 is 29.0 Å². The maximum absolute atomic E-state index is 6.28. The standard InChI is InChI=1S/C14H21Cl2N3/c1-10(2)17-9-12-5-3-4-6-19(12)14-13(16)7-11(15)8-18-14/h7-8,10,12,17H,3-6,9H2,1-2H3. The van der Waals surface area contributed by atoms with Crippen LogP contribution in [-0.2, 0) is 0 Å². The SMILES string of the molecule is CC(C)NCC1CCCCN1c1ncc(Cl)cc1Cl. The molecule has 2 heterocycles. The number of piperidine rings is 1. The van der Waals surface area contributed by atoms with Crippen LogP contribution in [0, 0.1) is 0 Å². The lowest BCUT2D eigenvalue weighted by atomic mass is 10.0. The van der Waals surface area contributed by atoms with Crippen molar-refractivity contribution in [2.45, 2.75) is 45.2 Å². The van der Waals surface area contributed by atoms with Crippen molar-refractivity contribution in [3.63, 3.8) is 0 Å². The number of aromatic nitrogens is 1. The van der Waals surface area contributed by atoms with Crippen LogP contribution in [0.5, 0.6) is 0 Å². The molecule has 0 aromatic carbocycles. The average molecular weight is 302 g/mol. The number of halogens is 2. The summed E-state index contributed by atoms with van der Waals surface area (Å²) in [7, 11) is 0. The Kier molecular flexibility index (Phi) is 5.31. The lowest BCUT2D eigenvalue weighted by Gasteiger charge is -2.37. The van der Waals surface area contributed by atoms with Crippen LogP contribution in [0.2, 0.25) is 10.0 Å². The van der Waals surface area contributed by atoms with Gasteiger partial charge in [0.05, 0.1) is 10.0 Å². The monoisotopic (exact) mass is 301 g/mol. The number of hydrogen-bond acceptors (Lipinski definition) is 3. The van der Waals surface area contributed by atoms with Gasteiger partial charge in [0.1, 0.15) is 5.82 Å². The molecule has 1 aliphatic rings. The molecule has 1 N–H and O–H groups in total. The lowest BCUT2D eigenvalue weighted by Crippen LogP contribution is -2.47. The molecule has 0 bridgehead atoms. The second kappa shape index (κ2) is 6.78. The van der Waals surface area contributed by atoms with Gasteiger partial charge < -0.3 is 10.2 Å². The molecule has 1 saturated heterocycles. The van der Waals surface area contributed by atoms with Gasteiger partial charge in [0.25, 0.3) is 0 Å². The van der Waals surface area contributed by atoms with Gasteiger partial charge >= 0.3 is 0 Å². The van der Waals surface area contributed by atoms with Gasteiger partial charge in [-0.2, -0.15) is 0 Å². The molecular weight excluding hydrogens is 281 g/mol. The van der Waals surface area contributed by atoms with Crippen LogP contribution in [0.3, 0.4) is 0 Å². The van der Waals surface area contributed by atoms with Crippen molar-refractivity contribution in [1.29, 1.82) is 0 Å². The molecule has 1 aromatic rings. The summed E-state index contributed by atoms with van der Waals surface area (Å²) >= 11 is 12.2. The van der Waals surface area contributed by atoms with Crippen molar-refractivity contribution in [1.82, 2.24) is 10.3 Å². The zero-order chi connectivity index (χ0) is 13.8. The minimum atomic E-state index is 0.460. The van der Waals surface area contributed by atoms with Crippen molar-refractivity contribution < 1.29 is 0 Å². The van der Waals surface area contributed by atoms with Crippen LogP contribution < -0.4 is 10.2 Å². The largest absolute Gasteiger partial charge is 0.351 e. The van der Waals surface area contributed by atoms with Gasteiger partial charge in [0, 0.05) is 31.4 Å². The number of pyridine rings is 1. The molecule has 0 saturated carbocycles. The smallest absolute Gasteiger partial charge is 0.147 e. The third kappa shape index (κ3) is 3.98. The third-order valence-corrected chi connectivity index (χ3v) is 3.93. The fourth-order valence-electron chi connectivity index (χ4n) is 2.48. The zero-order valence-electron chi connectivity index (χ0n) is 11.5. The number of anilines is 1. The summed E-state index contributed by atoms with van der Waals surface area (Å²) in [5.41, 5.74) is 0. The Bertz CT molecular complexity index is 423. The van der Waals surface area contributed by atoms with Crippen molar-refractivity contribution in [3.8, 4) is 0 Å². The van der Waals surface area contributed by atoms with E-state index in [2.05, 4.69) is 29.0 Å². The molecule has 19 heavy (non-hydrogen) atoms. The molecule has 5 heteroatoms. The van der Waals surface area contributed by atoms with Crippen molar-refractivity contribution in [2.24, 2.45) is 0 Å². The normalized spacial score (nSPS) is 20.1. The van der Waals surface area contributed by atoms with E-state index in [1.165, 1.54) is 19.3 Å². The quantitative estimate of drug-likeness (QED) is 0.918. The maximum Gasteiger partial charge on any atom is 0.147 e. The van der Waals surface area contributed by atoms with Crippen LogP contribution >= 0.6 is 23.2 Å². The van der Waals surface area contributed by atoms with Crippen LogP contribution in [0.4, 0.5) is 5.82 Å². The topological polar surface area (TPSA) is 28.2 Å². The van der Waals surface area contributed by atoms with Gasteiger partial charge in [-0.25, -0.2) is 4.98 Å². The number of rotatable bonds is 4. The highest BCUT2D eigenvalue weighted by Crippen LogP contribution is 2.30. The van der Waals surface area contributed by atoms with E-state index in [0.717, 1.165) is 18.9 Å². The first-order valence-electron chi connectivity index (χ1n) is 6.89. The van der Waals surface area contributed by atoms with Crippen molar-refractivity contribution in [3.05, 3.63) is 22.3 Å². The number of hydrogen-bond donors (Lipinski definition) is 1. The summed E-state index contributed by atoms with van der Waals surface area (Å²) in [5, 5.41) is 4.74. The van der Waals surface area contributed by atoms with Gasteiger partial charge in [-0.3, -0.25) is 0 Å². The molecule has 0 radical (unpaired) electrons. The summed E-state index contributed by atoms with van der Waals surface area (Å²) < 4.78 is 0. The van der Waals surface area contributed by atoms with Crippen molar-refractivity contribution in [2.75, 3.05) is 18.0 Å². The Morgan fingerprint density at radius 2 is 2.21 bits per heavy atom. The average Bonchev–Trinajstić information content (AvgIpc) is 2.37. The first kappa shape index (κ1) is 14.9. The molecule has 0 aliphatic carbocycles. The molecular formula is C14H21Cl2N3. The van der Waals surface area contributed by atoms with Crippen LogP contribution in [0.1, 0.15) is 33.1 Å². The molecule has 1 atom stereocenters. The van der Waals surface area contributed by atoms with E-state index < -0.39 is 0 Å². The summed E-state index contributed by atoms with van der Waals surface area (Å²) in [6.07, 6.45) is 5.32. The van der Waals surface area contributed by atoms with Gasteiger partial charge in [-0.05, 0) is 25.3 Å². The maximum atomic E-state index is 6.28. The van der Waals surface area contributed by atoms with Gasteiger partial charge in [0.15, 0.2) is 0 Å². The molecule has 106 valence electrons. The highest BCUT2D eigenvalue weighted by Gasteiger charge is 2.25. The molecule has 1 aromatic heterocycles. The second-order valence-electron chi connectivity index (χ2n) is 5.36. The Labute approximate surface area is 125 Å². The Balaban J connectivity index is 2.14. The number of nitrogens with zero attached hydrogens (tertiary/aromatic N) is 2. The fraction of sp³-hybridized carbons (Fsp3) is 0.643. The molecule has 1 aliphatic heterocycles. The predicted octanol–water partition coefficient (Wildman–Crippen LogP) is 3.75. The minimum Gasteiger partial charge on any atom is -0.351 e. The van der Waals surface area contributed by atoms with E-state index in [4.69, 9.17) is 23.2 Å². The van der Waals surface area contributed by atoms with Gasteiger partial charge in [-0.1, -0.05) is 37.0 Å². The van der Waals surface area contributed by atoms with Gasteiger partial charge in [0.2, 0.25) is 0 Å². The Morgan fingerprint density at radius 3 is 2.89 bits per heavy atom. The first-order chi connectivity index (χ1) is 9.08. The summed E-state index contributed by atoms with van der Waals surface area (Å²) in [6.45, 7) is 6.32. The lowest BCUT2D eigenvalue weighted by molar-refractivity contribution is 0.419. The van der Waals surface area contributed by atoms with E-state index in [1.807, 2.05) is 0 Å². The molecule has 3 nitrogen and oxygen atoms in total. The first-order valence-corrected chi connectivity index (χ1v) is 7.64. The summed E-state index contributed by atoms with van der Waals surface area (Å²) in [5.74, 6) is 0.862. The molecule has 1 fully saturated rings. The highest BCUT2D eigenvalue weighted by molar-refractivity contribution is 6.36. The molecule has 0 spiro atoms. The zero-order valence-corrected chi connectivity index (χ0v) is 13.0. The van der Waals surface area contributed by atoms with Gasteiger partial charge in [-0.15, -0.1) is 0 Å². The van der Waals surface area contributed by atoms with Crippen LogP contribution in [0.15, 0.2) is 12.3 Å². The number of nitrogens with one attached hydrogen (secondary N) is 1. The van der Waals surface area contributed by atoms with E-state index in [0.29, 0.717) is 22.1 Å². The van der Waals surface area contributed by atoms with E-state index in [9.17, 15) is 0 Å². The second-order valence-corrected chi connectivity index (χ2v) is 6.21. The van der Waals surface area contributed by atoms with E-state index in [1.54, 1.807) is 12.3 Å². The summed E-state index contributed by atoms with van der Waals surface area (Å²) in [4.78, 5) is 6.73. The molecule has 2 rings (SSSR count).